The molecule has 1 N–H and O–H groups in total. The van der Waals surface area contributed by atoms with E-state index in [0.29, 0.717) is 12.1 Å². The molecule has 20 heavy (non-hydrogen) atoms. The zero-order valence-electron chi connectivity index (χ0n) is 11.2. The summed E-state index contributed by atoms with van der Waals surface area (Å²) in [5.41, 5.74) is 1.53. The van der Waals surface area contributed by atoms with Crippen molar-refractivity contribution in [3.63, 3.8) is 0 Å². The molecule has 1 aromatic heterocycles. The van der Waals surface area contributed by atoms with Gasteiger partial charge in [0.15, 0.2) is 9.84 Å². The molecule has 1 saturated heterocycles. The molecule has 0 spiro atoms. The van der Waals surface area contributed by atoms with Gasteiger partial charge in [0.05, 0.1) is 11.5 Å². The summed E-state index contributed by atoms with van der Waals surface area (Å²) in [6.07, 6.45) is 0.498. The number of para-hydroxylation sites is 1. The maximum absolute atomic E-state index is 12.3. The van der Waals surface area contributed by atoms with Gasteiger partial charge in [0, 0.05) is 24.0 Å². The van der Waals surface area contributed by atoms with Gasteiger partial charge in [-0.15, -0.1) is 0 Å². The summed E-state index contributed by atoms with van der Waals surface area (Å²) in [5.74, 6) is -0.0127. The lowest BCUT2D eigenvalue weighted by molar-refractivity contribution is 0.0933. The van der Waals surface area contributed by atoms with Crippen LogP contribution >= 0.6 is 0 Å². The SMILES string of the molecule is Cn1c(C(=O)N[C@H]2CCS(=O)(=O)C2)cc2ccccc21. The highest BCUT2D eigenvalue weighted by Gasteiger charge is 2.29. The number of hydrogen-bond acceptors (Lipinski definition) is 3. The fourth-order valence-electron chi connectivity index (χ4n) is 2.67. The Morgan fingerprint density at radius 2 is 2.10 bits per heavy atom. The van der Waals surface area contributed by atoms with Crippen molar-refractivity contribution in [3.8, 4) is 0 Å². The van der Waals surface area contributed by atoms with E-state index in [-0.39, 0.29) is 23.5 Å². The smallest absolute Gasteiger partial charge is 0.268 e. The topological polar surface area (TPSA) is 68.2 Å². The van der Waals surface area contributed by atoms with Crippen molar-refractivity contribution in [3.05, 3.63) is 36.0 Å². The Labute approximate surface area is 117 Å². The second kappa shape index (κ2) is 4.63. The summed E-state index contributed by atoms with van der Waals surface area (Å²) in [7, 11) is -1.14. The van der Waals surface area contributed by atoms with Crippen molar-refractivity contribution in [1.29, 1.82) is 0 Å². The number of aryl methyl sites for hydroxylation is 1. The van der Waals surface area contributed by atoms with Gasteiger partial charge in [0.1, 0.15) is 5.69 Å². The maximum Gasteiger partial charge on any atom is 0.268 e. The average Bonchev–Trinajstić information content (AvgIpc) is 2.91. The van der Waals surface area contributed by atoms with Crippen LogP contribution in [0.4, 0.5) is 0 Å². The minimum atomic E-state index is -2.98. The third-order valence-corrected chi connectivity index (χ3v) is 5.52. The lowest BCUT2D eigenvalue weighted by Gasteiger charge is -2.11. The van der Waals surface area contributed by atoms with Crippen molar-refractivity contribution < 1.29 is 13.2 Å². The van der Waals surface area contributed by atoms with E-state index in [9.17, 15) is 13.2 Å². The van der Waals surface area contributed by atoms with Crippen molar-refractivity contribution in [2.75, 3.05) is 11.5 Å². The van der Waals surface area contributed by atoms with Crippen LogP contribution in [-0.2, 0) is 16.9 Å². The van der Waals surface area contributed by atoms with Crippen molar-refractivity contribution in [2.45, 2.75) is 12.5 Å². The molecule has 2 heterocycles. The van der Waals surface area contributed by atoms with Crippen LogP contribution in [0.3, 0.4) is 0 Å². The van der Waals surface area contributed by atoms with Gasteiger partial charge in [-0.05, 0) is 18.6 Å². The highest BCUT2D eigenvalue weighted by atomic mass is 32.2. The molecule has 5 nitrogen and oxygen atoms in total. The number of benzene rings is 1. The van der Waals surface area contributed by atoms with Gasteiger partial charge in [0.2, 0.25) is 0 Å². The Kier molecular flexibility index (Phi) is 3.05. The summed E-state index contributed by atoms with van der Waals surface area (Å²) in [6.45, 7) is 0. The van der Waals surface area contributed by atoms with E-state index >= 15 is 0 Å². The second-order valence-corrected chi connectivity index (χ2v) is 7.45. The van der Waals surface area contributed by atoms with Gasteiger partial charge in [-0.2, -0.15) is 0 Å². The normalized spacial score (nSPS) is 21.1. The predicted molar refractivity (Wildman–Crippen MR) is 77.4 cm³/mol. The number of carbonyl (C=O) groups excluding carboxylic acids is 1. The molecule has 106 valence electrons. The molecule has 1 aliphatic heterocycles. The van der Waals surface area contributed by atoms with E-state index in [1.54, 1.807) is 0 Å². The van der Waals surface area contributed by atoms with Crippen molar-refractivity contribution in [1.82, 2.24) is 9.88 Å². The monoisotopic (exact) mass is 292 g/mol. The minimum Gasteiger partial charge on any atom is -0.347 e. The number of fused-ring (bicyclic) bond motifs is 1. The van der Waals surface area contributed by atoms with Crippen LogP contribution in [0.25, 0.3) is 10.9 Å². The van der Waals surface area contributed by atoms with Crippen molar-refractivity contribution in [2.24, 2.45) is 7.05 Å². The van der Waals surface area contributed by atoms with Crippen LogP contribution in [0.2, 0.25) is 0 Å². The van der Waals surface area contributed by atoms with E-state index in [1.807, 2.05) is 41.9 Å². The largest absolute Gasteiger partial charge is 0.347 e. The van der Waals surface area contributed by atoms with Crippen molar-refractivity contribution >= 4 is 26.6 Å². The Morgan fingerprint density at radius 1 is 1.35 bits per heavy atom. The molecule has 1 aliphatic rings. The summed E-state index contributed by atoms with van der Waals surface area (Å²) < 4.78 is 24.6. The Bertz CT molecular complexity index is 777. The molecule has 2 aromatic rings. The molecule has 1 aromatic carbocycles. The van der Waals surface area contributed by atoms with E-state index in [4.69, 9.17) is 0 Å². The Morgan fingerprint density at radius 3 is 2.75 bits per heavy atom. The number of nitrogens with zero attached hydrogens (tertiary/aromatic N) is 1. The molecule has 0 unspecified atom stereocenters. The zero-order valence-corrected chi connectivity index (χ0v) is 12.0. The van der Waals surface area contributed by atoms with E-state index < -0.39 is 9.84 Å². The quantitative estimate of drug-likeness (QED) is 0.901. The number of nitrogens with one attached hydrogen (secondary N) is 1. The lowest BCUT2D eigenvalue weighted by atomic mass is 10.2. The number of amides is 1. The van der Waals surface area contributed by atoms with Crippen LogP contribution in [0, 0.1) is 0 Å². The van der Waals surface area contributed by atoms with Crippen LogP contribution < -0.4 is 5.32 Å². The average molecular weight is 292 g/mol. The highest BCUT2D eigenvalue weighted by Crippen LogP contribution is 2.19. The molecular formula is C14H16N2O3S. The first kappa shape index (κ1) is 13.2. The summed E-state index contributed by atoms with van der Waals surface area (Å²) in [5, 5.41) is 3.81. The van der Waals surface area contributed by atoms with Gasteiger partial charge in [0.25, 0.3) is 5.91 Å². The standard InChI is InChI=1S/C14H16N2O3S/c1-16-12-5-3-2-4-10(12)8-13(16)14(17)15-11-6-7-20(18,19)9-11/h2-5,8,11H,6-7,9H2,1H3,(H,15,17)/t11-/m0/s1. The molecule has 1 amide bonds. The van der Waals surface area contributed by atoms with Gasteiger partial charge < -0.3 is 9.88 Å². The molecule has 0 radical (unpaired) electrons. The van der Waals surface area contributed by atoms with Gasteiger partial charge in [-0.3, -0.25) is 4.79 Å². The molecule has 1 atom stereocenters. The van der Waals surface area contributed by atoms with E-state index in [2.05, 4.69) is 5.32 Å². The molecule has 3 rings (SSSR count). The molecule has 0 bridgehead atoms. The fourth-order valence-corrected chi connectivity index (χ4v) is 4.35. The predicted octanol–water partition coefficient (Wildman–Crippen LogP) is 1.10. The summed E-state index contributed by atoms with van der Waals surface area (Å²) in [6, 6.07) is 9.30. The fraction of sp³-hybridized carbons (Fsp3) is 0.357. The molecule has 6 heteroatoms. The maximum atomic E-state index is 12.3. The van der Waals surface area contributed by atoms with Crippen LogP contribution in [0.1, 0.15) is 16.9 Å². The number of hydrogen-bond donors (Lipinski definition) is 1. The first-order valence-electron chi connectivity index (χ1n) is 6.52. The van der Waals surface area contributed by atoms with Gasteiger partial charge in [-0.1, -0.05) is 18.2 Å². The van der Waals surface area contributed by atoms with Gasteiger partial charge >= 0.3 is 0 Å². The first-order chi connectivity index (χ1) is 9.46. The van der Waals surface area contributed by atoms with Gasteiger partial charge in [-0.25, -0.2) is 8.42 Å². The van der Waals surface area contributed by atoms with E-state index in [0.717, 1.165) is 10.9 Å². The molecule has 0 saturated carbocycles. The second-order valence-electron chi connectivity index (χ2n) is 5.22. The molecule has 1 fully saturated rings. The zero-order chi connectivity index (χ0) is 14.3. The molecular weight excluding hydrogens is 276 g/mol. The van der Waals surface area contributed by atoms with Crippen LogP contribution in [0.15, 0.2) is 30.3 Å². The van der Waals surface area contributed by atoms with Crippen LogP contribution in [0.5, 0.6) is 0 Å². The third-order valence-electron chi connectivity index (χ3n) is 3.75. The summed E-state index contributed by atoms with van der Waals surface area (Å²) in [4.78, 5) is 12.3. The number of rotatable bonds is 2. The Balaban J connectivity index is 1.84. The number of carbonyl (C=O) groups is 1. The Hall–Kier alpha value is -1.82. The minimum absolute atomic E-state index is 0.0443. The highest BCUT2D eigenvalue weighted by molar-refractivity contribution is 7.91. The third kappa shape index (κ3) is 2.31. The lowest BCUT2D eigenvalue weighted by Crippen LogP contribution is -2.36. The summed E-state index contributed by atoms with van der Waals surface area (Å²) >= 11 is 0. The number of sulfone groups is 1. The number of aromatic nitrogens is 1. The first-order valence-corrected chi connectivity index (χ1v) is 8.34. The van der Waals surface area contributed by atoms with E-state index in [1.165, 1.54) is 0 Å². The van der Waals surface area contributed by atoms with Crippen LogP contribution in [-0.4, -0.2) is 36.4 Å². The molecule has 0 aliphatic carbocycles.